The highest BCUT2D eigenvalue weighted by atomic mass is 32.1. The van der Waals surface area contributed by atoms with Crippen LogP contribution in [0.2, 0.25) is 0 Å². The largest absolute Gasteiger partial charge is 0.416 e. The average Bonchev–Trinajstić information content (AvgIpc) is 3.52. The molecule has 252 valence electrons. The van der Waals surface area contributed by atoms with E-state index in [0.717, 1.165) is 28.8 Å². The highest BCUT2D eigenvalue weighted by Gasteiger charge is 2.34. The van der Waals surface area contributed by atoms with Gasteiger partial charge in [-0.2, -0.15) is 18.4 Å². The van der Waals surface area contributed by atoms with Crippen LogP contribution in [-0.4, -0.2) is 38.1 Å². The van der Waals surface area contributed by atoms with Crippen molar-refractivity contribution in [2.45, 2.75) is 52.0 Å². The number of nitriles is 1. The monoisotopic (exact) mass is 682 g/mol. The SMILES string of the molecule is CC[C@H](C)[C@@H](CN(Cc1ccccc1C(F)(F)F)C(=S)Nc1ccc2ccccc2c1)NC(=O)Cc1cncn1Cc1ccc(C#N)cc1. The Labute approximate surface area is 289 Å². The summed E-state index contributed by atoms with van der Waals surface area (Å²) in [6.45, 7) is 4.55. The van der Waals surface area contributed by atoms with Crippen molar-refractivity contribution in [2.24, 2.45) is 5.92 Å². The Morgan fingerprint density at radius 2 is 1.73 bits per heavy atom. The molecule has 0 fully saturated rings. The van der Waals surface area contributed by atoms with Gasteiger partial charge in [-0.3, -0.25) is 4.79 Å². The lowest BCUT2D eigenvalue weighted by atomic mass is 9.97. The number of fused-ring (bicyclic) bond motifs is 1. The summed E-state index contributed by atoms with van der Waals surface area (Å²) in [5, 5.41) is 17.8. The number of hydrogen-bond donors (Lipinski definition) is 2. The van der Waals surface area contributed by atoms with Crippen LogP contribution in [0.5, 0.6) is 0 Å². The molecule has 0 spiro atoms. The number of anilines is 1. The van der Waals surface area contributed by atoms with Crippen molar-refractivity contribution < 1.29 is 18.0 Å². The number of hydrogen-bond acceptors (Lipinski definition) is 4. The third-order valence-corrected chi connectivity index (χ3v) is 9.00. The number of rotatable bonds is 12. The van der Waals surface area contributed by atoms with Crippen LogP contribution in [-0.2, 0) is 30.5 Å². The summed E-state index contributed by atoms with van der Waals surface area (Å²) in [6.07, 6.45) is -0.464. The Bertz CT molecular complexity index is 1950. The molecule has 7 nitrogen and oxygen atoms in total. The molecule has 0 aliphatic carbocycles. The van der Waals surface area contributed by atoms with Gasteiger partial charge >= 0.3 is 6.18 Å². The van der Waals surface area contributed by atoms with E-state index in [-0.39, 0.29) is 42.0 Å². The van der Waals surface area contributed by atoms with Gasteiger partial charge in [-0.15, -0.1) is 0 Å². The van der Waals surface area contributed by atoms with Crippen LogP contribution in [0, 0.1) is 17.2 Å². The van der Waals surface area contributed by atoms with Crippen LogP contribution >= 0.6 is 12.2 Å². The van der Waals surface area contributed by atoms with Gasteiger partial charge < -0.3 is 20.1 Å². The van der Waals surface area contributed by atoms with Gasteiger partial charge in [0.25, 0.3) is 0 Å². The minimum Gasteiger partial charge on any atom is -0.351 e. The van der Waals surface area contributed by atoms with Crippen molar-refractivity contribution in [3.05, 3.63) is 131 Å². The fourth-order valence-electron chi connectivity index (χ4n) is 5.66. The number of alkyl halides is 3. The minimum absolute atomic E-state index is 0.0173. The third kappa shape index (κ3) is 9.24. The molecule has 1 amide bonds. The number of amides is 1. The van der Waals surface area contributed by atoms with Crippen molar-refractivity contribution in [3.63, 3.8) is 0 Å². The lowest BCUT2D eigenvalue weighted by Crippen LogP contribution is -2.50. The van der Waals surface area contributed by atoms with E-state index in [1.54, 1.807) is 35.6 Å². The Kier molecular flexibility index (Phi) is 11.3. The van der Waals surface area contributed by atoms with Gasteiger partial charge in [0, 0.05) is 43.3 Å². The number of carbonyl (C=O) groups is 1. The summed E-state index contributed by atoms with van der Waals surface area (Å²) in [6, 6.07) is 28.0. The Morgan fingerprint density at radius 3 is 2.45 bits per heavy atom. The number of nitrogens with one attached hydrogen (secondary N) is 2. The van der Waals surface area contributed by atoms with E-state index in [1.165, 1.54) is 12.1 Å². The second kappa shape index (κ2) is 15.8. The zero-order valence-electron chi connectivity index (χ0n) is 27.2. The highest BCUT2D eigenvalue weighted by Crippen LogP contribution is 2.33. The Hall–Kier alpha value is -5.21. The molecule has 49 heavy (non-hydrogen) atoms. The maximum absolute atomic E-state index is 14.1. The number of benzene rings is 4. The van der Waals surface area contributed by atoms with Crippen LogP contribution in [0.1, 0.15) is 48.2 Å². The van der Waals surface area contributed by atoms with E-state index in [9.17, 15) is 18.0 Å². The normalized spacial score (nSPS) is 12.6. The first-order valence-corrected chi connectivity index (χ1v) is 16.4. The molecule has 1 aromatic heterocycles. The molecule has 0 aliphatic rings. The lowest BCUT2D eigenvalue weighted by Gasteiger charge is -2.34. The molecule has 0 bridgehead atoms. The van der Waals surface area contributed by atoms with Crippen LogP contribution in [0.3, 0.4) is 0 Å². The first-order valence-electron chi connectivity index (χ1n) is 16.0. The second-order valence-electron chi connectivity index (χ2n) is 12.1. The maximum atomic E-state index is 14.1. The zero-order chi connectivity index (χ0) is 35.0. The molecule has 2 atom stereocenters. The van der Waals surface area contributed by atoms with E-state index in [0.29, 0.717) is 23.5 Å². The summed E-state index contributed by atoms with van der Waals surface area (Å²) < 4.78 is 44.0. The van der Waals surface area contributed by atoms with Crippen molar-refractivity contribution in [1.82, 2.24) is 19.8 Å². The summed E-state index contributed by atoms with van der Waals surface area (Å²) in [4.78, 5) is 19.5. The van der Waals surface area contributed by atoms with E-state index < -0.39 is 17.8 Å². The first kappa shape index (κ1) is 35.1. The Morgan fingerprint density at radius 1 is 1.02 bits per heavy atom. The molecule has 4 aromatic carbocycles. The summed E-state index contributed by atoms with van der Waals surface area (Å²) in [5.74, 6) is -0.257. The van der Waals surface area contributed by atoms with Gasteiger partial charge in [0.1, 0.15) is 0 Å². The minimum atomic E-state index is -4.54. The van der Waals surface area contributed by atoms with E-state index in [2.05, 4.69) is 21.7 Å². The maximum Gasteiger partial charge on any atom is 0.416 e. The second-order valence-corrected chi connectivity index (χ2v) is 12.5. The standard InChI is InChI=1S/C38H37F3N6OS/c1-3-26(2)35(45-36(48)19-33-21-43-25-47(33)22-28-14-12-27(20-42)13-15-28)24-46(23-31-10-6-7-11-34(31)38(39,40)41)37(49)44-32-17-16-29-8-4-5-9-30(29)18-32/h4-18,21,25-26,35H,3,19,22-24H2,1-2H3,(H,44,49)(H,45,48)/t26-,35+/m0/s1. The van der Waals surface area contributed by atoms with Gasteiger partial charge in [0.15, 0.2) is 5.11 Å². The molecule has 5 aromatic rings. The molecule has 0 radical (unpaired) electrons. The van der Waals surface area contributed by atoms with E-state index >= 15 is 0 Å². The highest BCUT2D eigenvalue weighted by molar-refractivity contribution is 7.80. The molecule has 5 rings (SSSR count). The number of carbonyl (C=O) groups excluding carboxylic acids is 1. The third-order valence-electron chi connectivity index (χ3n) is 8.64. The van der Waals surface area contributed by atoms with Gasteiger partial charge in [-0.25, -0.2) is 4.98 Å². The van der Waals surface area contributed by atoms with Crippen molar-refractivity contribution in [3.8, 4) is 6.07 Å². The molecule has 1 heterocycles. The lowest BCUT2D eigenvalue weighted by molar-refractivity contribution is -0.138. The van der Waals surface area contributed by atoms with Crippen molar-refractivity contribution in [1.29, 1.82) is 5.26 Å². The molecule has 0 saturated heterocycles. The number of halogens is 3. The van der Waals surface area contributed by atoms with Crippen LogP contribution in [0.15, 0.2) is 104 Å². The Balaban J connectivity index is 1.36. The van der Waals surface area contributed by atoms with E-state index in [4.69, 9.17) is 17.5 Å². The number of thiocarbonyl (C=S) groups is 1. The zero-order valence-corrected chi connectivity index (χ0v) is 28.1. The molecular formula is C38H37F3N6OS. The fraction of sp³-hybridized carbons (Fsp3) is 0.263. The number of imidazole rings is 1. The molecule has 11 heteroatoms. The van der Waals surface area contributed by atoms with Crippen LogP contribution in [0.4, 0.5) is 18.9 Å². The van der Waals surface area contributed by atoms with Crippen molar-refractivity contribution in [2.75, 3.05) is 11.9 Å². The fourth-order valence-corrected chi connectivity index (χ4v) is 5.92. The molecule has 0 unspecified atom stereocenters. The van der Waals surface area contributed by atoms with E-state index in [1.807, 2.05) is 73.0 Å². The number of nitrogens with zero attached hydrogens (tertiary/aromatic N) is 4. The molecule has 0 saturated carbocycles. The molecule has 2 N–H and O–H groups in total. The smallest absolute Gasteiger partial charge is 0.351 e. The predicted molar refractivity (Wildman–Crippen MR) is 190 cm³/mol. The molecule has 0 aliphatic heterocycles. The summed E-state index contributed by atoms with van der Waals surface area (Å²) in [7, 11) is 0. The topological polar surface area (TPSA) is 86.0 Å². The van der Waals surface area contributed by atoms with Gasteiger partial charge in [0.05, 0.1) is 29.9 Å². The predicted octanol–water partition coefficient (Wildman–Crippen LogP) is 7.95. The van der Waals surface area contributed by atoms with Crippen LogP contribution in [0.25, 0.3) is 10.8 Å². The average molecular weight is 683 g/mol. The summed E-state index contributed by atoms with van der Waals surface area (Å²) in [5.41, 5.74) is 2.28. The van der Waals surface area contributed by atoms with Gasteiger partial charge in [0.2, 0.25) is 5.91 Å². The number of aromatic nitrogens is 2. The van der Waals surface area contributed by atoms with Gasteiger partial charge in [-0.05, 0) is 70.4 Å². The summed E-state index contributed by atoms with van der Waals surface area (Å²) >= 11 is 5.85. The van der Waals surface area contributed by atoms with Crippen molar-refractivity contribution >= 4 is 39.7 Å². The van der Waals surface area contributed by atoms with Crippen LogP contribution < -0.4 is 10.6 Å². The first-order chi connectivity index (χ1) is 23.5. The van der Waals surface area contributed by atoms with Gasteiger partial charge in [-0.1, -0.05) is 80.9 Å². The molecular weight excluding hydrogens is 646 g/mol. The quantitative estimate of drug-likeness (QED) is 0.130.